The van der Waals surface area contributed by atoms with Gasteiger partial charge in [0.05, 0.1) is 25.1 Å². The van der Waals surface area contributed by atoms with Crippen molar-refractivity contribution in [3.8, 4) is 5.75 Å². The van der Waals surface area contributed by atoms with Crippen molar-refractivity contribution < 1.29 is 14.6 Å². The maximum absolute atomic E-state index is 10.1. The summed E-state index contributed by atoms with van der Waals surface area (Å²) < 4.78 is 10.3. The lowest BCUT2D eigenvalue weighted by molar-refractivity contribution is 0.0382. The van der Waals surface area contributed by atoms with Crippen LogP contribution in [0.3, 0.4) is 0 Å². The van der Waals surface area contributed by atoms with Crippen LogP contribution in [0.25, 0.3) is 0 Å². The highest BCUT2D eigenvalue weighted by Gasteiger charge is 2.31. The average Bonchev–Trinajstić information content (AvgIpc) is 2.76. The first kappa shape index (κ1) is 12.0. The van der Waals surface area contributed by atoms with Crippen LogP contribution in [0.2, 0.25) is 0 Å². The zero-order valence-corrected chi connectivity index (χ0v) is 9.90. The summed E-state index contributed by atoms with van der Waals surface area (Å²) in [5.74, 6) is 0.733. The molecular weight excluding hydrogens is 220 g/mol. The van der Waals surface area contributed by atoms with Gasteiger partial charge in [0.25, 0.3) is 0 Å². The van der Waals surface area contributed by atoms with E-state index in [0.29, 0.717) is 31.9 Å². The van der Waals surface area contributed by atoms with Crippen LogP contribution in [-0.4, -0.2) is 37.6 Å². The Kier molecular flexibility index (Phi) is 3.40. The van der Waals surface area contributed by atoms with Gasteiger partial charge in [0, 0.05) is 25.6 Å². The highest BCUT2D eigenvalue weighted by atomic mass is 16.5. The lowest BCUT2D eigenvalue weighted by Gasteiger charge is -2.22. The highest BCUT2D eigenvalue weighted by molar-refractivity contribution is 5.68. The third kappa shape index (κ3) is 2.81. The largest absolute Gasteiger partial charge is 0.497 e. The van der Waals surface area contributed by atoms with Crippen LogP contribution in [0, 0.1) is 0 Å². The standard InChI is InChI=1S/C12H18N2O3/c1-16-9-2-3-10(13)11(6-9)14-7-12(15)4-5-17-8-12/h2-3,6,14-15H,4-5,7-8,13H2,1H3. The molecule has 1 saturated heterocycles. The first-order valence-corrected chi connectivity index (χ1v) is 5.60. The molecule has 0 spiro atoms. The van der Waals surface area contributed by atoms with Crippen molar-refractivity contribution in [2.75, 3.05) is 37.9 Å². The Labute approximate surface area is 101 Å². The SMILES string of the molecule is COc1ccc(N)c(NCC2(O)CCOC2)c1. The topological polar surface area (TPSA) is 76.7 Å². The second-order valence-corrected chi connectivity index (χ2v) is 4.33. The molecule has 1 unspecified atom stereocenters. The first-order valence-electron chi connectivity index (χ1n) is 5.60. The van der Waals surface area contributed by atoms with Gasteiger partial charge in [-0.25, -0.2) is 0 Å². The number of rotatable bonds is 4. The number of hydrogen-bond donors (Lipinski definition) is 3. The van der Waals surface area contributed by atoms with Gasteiger partial charge in [-0.3, -0.25) is 0 Å². The van der Waals surface area contributed by atoms with Crippen molar-refractivity contribution in [1.29, 1.82) is 0 Å². The summed E-state index contributed by atoms with van der Waals surface area (Å²) in [5.41, 5.74) is 6.45. The summed E-state index contributed by atoms with van der Waals surface area (Å²) in [7, 11) is 1.60. The second-order valence-electron chi connectivity index (χ2n) is 4.33. The molecule has 5 heteroatoms. The number of anilines is 2. The quantitative estimate of drug-likeness (QED) is 0.678. The monoisotopic (exact) mass is 238 g/mol. The van der Waals surface area contributed by atoms with Crippen molar-refractivity contribution >= 4 is 11.4 Å². The Morgan fingerprint density at radius 2 is 2.41 bits per heavy atom. The predicted molar refractivity (Wildman–Crippen MR) is 66.3 cm³/mol. The molecule has 5 nitrogen and oxygen atoms in total. The maximum Gasteiger partial charge on any atom is 0.121 e. The summed E-state index contributed by atoms with van der Waals surface area (Å²) in [5, 5.41) is 13.2. The minimum atomic E-state index is -0.796. The molecule has 0 radical (unpaired) electrons. The number of aliphatic hydroxyl groups is 1. The molecule has 1 atom stereocenters. The molecule has 94 valence electrons. The molecule has 2 rings (SSSR count). The van der Waals surface area contributed by atoms with Gasteiger partial charge in [0.1, 0.15) is 11.4 Å². The molecular formula is C12H18N2O3. The third-order valence-corrected chi connectivity index (χ3v) is 2.95. The van der Waals surface area contributed by atoms with Gasteiger partial charge in [0.15, 0.2) is 0 Å². The van der Waals surface area contributed by atoms with Gasteiger partial charge in [0.2, 0.25) is 0 Å². The van der Waals surface area contributed by atoms with Crippen LogP contribution < -0.4 is 15.8 Å². The van der Waals surface area contributed by atoms with E-state index in [1.807, 2.05) is 6.07 Å². The Morgan fingerprint density at radius 3 is 3.06 bits per heavy atom. The Morgan fingerprint density at radius 1 is 1.59 bits per heavy atom. The lowest BCUT2D eigenvalue weighted by Crippen LogP contribution is -2.37. The van der Waals surface area contributed by atoms with Crippen LogP contribution >= 0.6 is 0 Å². The second kappa shape index (κ2) is 4.81. The number of nitrogens with one attached hydrogen (secondary N) is 1. The van der Waals surface area contributed by atoms with E-state index in [4.69, 9.17) is 15.2 Å². The van der Waals surface area contributed by atoms with Gasteiger partial charge < -0.3 is 25.6 Å². The van der Waals surface area contributed by atoms with E-state index in [2.05, 4.69) is 5.32 Å². The first-order chi connectivity index (χ1) is 8.13. The molecule has 1 aromatic carbocycles. The number of nitrogen functional groups attached to an aromatic ring is 1. The Balaban J connectivity index is 2.02. The maximum atomic E-state index is 10.1. The minimum absolute atomic E-state index is 0.365. The zero-order chi connectivity index (χ0) is 12.3. The molecule has 1 aromatic rings. The number of nitrogens with two attached hydrogens (primary N) is 1. The fourth-order valence-electron chi connectivity index (χ4n) is 1.81. The lowest BCUT2D eigenvalue weighted by atomic mass is 10.0. The molecule has 0 aliphatic carbocycles. The van der Waals surface area contributed by atoms with E-state index < -0.39 is 5.60 Å². The molecule has 1 fully saturated rings. The fourth-order valence-corrected chi connectivity index (χ4v) is 1.81. The van der Waals surface area contributed by atoms with Crippen LogP contribution in [0.5, 0.6) is 5.75 Å². The molecule has 0 saturated carbocycles. The highest BCUT2D eigenvalue weighted by Crippen LogP contribution is 2.26. The number of ether oxygens (including phenoxy) is 2. The molecule has 0 amide bonds. The molecule has 17 heavy (non-hydrogen) atoms. The van der Waals surface area contributed by atoms with E-state index in [0.717, 1.165) is 11.4 Å². The van der Waals surface area contributed by atoms with Crippen LogP contribution in [0.1, 0.15) is 6.42 Å². The van der Waals surface area contributed by atoms with Gasteiger partial charge >= 0.3 is 0 Å². The Hall–Kier alpha value is -1.46. The molecule has 4 N–H and O–H groups in total. The summed E-state index contributed by atoms with van der Waals surface area (Å²) in [6.07, 6.45) is 0.643. The molecule has 0 bridgehead atoms. The number of benzene rings is 1. The van der Waals surface area contributed by atoms with Crippen molar-refractivity contribution in [2.24, 2.45) is 0 Å². The van der Waals surface area contributed by atoms with E-state index in [1.165, 1.54) is 0 Å². The predicted octanol–water partition coefficient (Wildman–Crippen LogP) is 0.841. The summed E-state index contributed by atoms with van der Waals surface area (Å²) in [4.78, 5) is 0. The molecule has 1 aliphatic heterocycles. The van der Waals surface area contributed by atoms with E-state index in [1.54, 1.807) is 19.2 Å². The van der Waals surface area contributed by atoms with Gasteiger partial charge in [-0.05, 0) is 12.1 Å². The summed E-state index contributed by atoms with van der Waals surface area (Å²) >= 11 is 0. The Bertz CT molecular complexity index is 389. The molecule has 1 aliphatic rings. The van der Waals surface area contributed by atoms with Gasteiger partial charge in [-0.2, -0.15) is 0 Å². The van der Waals surface area contributed by atoms with E-state index in [9.17, 15) is 5.11 Å². The fraction of sp³-hybridized carbons (Fsp3) is 0.500. The van der Waals surface area contributed by atoms with Crippen LogP contribution in [0.4, 0.5) is 11.4 Å². The smallest absolute Gasteiger partial charge is 0.121 e. The minimum Gasteiger partial charge on any atom is -0.497 e. The summed E-state index contributed by atoms with van der Waals surface area (Å²) in [6.45, 7) is 1.39. The summed E-state index contributed by atoms with van der Waals surface area (Å²) in [6, 6.07) is 5.39. The molecule has 1 heterocycles. The van der Waals surface area contributed by atoms with E-state index >= 15 is 0 Å². The molecule has 0 aromatic heterocycles. The number of hydrogen-bond acceptors (Lipinski definition) is 5. The average molecular weight is 238 g/mol. The van der Waals surface area contributed by atoms with Gasteiger partial charge in [-0.1, -0.05) is 0 Å². The van der Waals surface area contributed by atoms with Crippen molar-refractivity contribution in [1.82, 2.24) is 0 Å². The van der Waals surface area contributed by atoms with Crippen molar-refractivity contribution in [2.45, 2.75) is 12.0 Å². The number of methoxy groups -OCH3 is 1. The van der Waals surface area contributed by atoms with Crippen molar-refractivity contribution in [3.63, 3.8) is 0 Å². The van der Waals surface area contributed by atoms with E-state index in [-0.39, 0.29) is 0 Å². The normalized spacial score (nSPS) is 23.6. The zero-order valence-electron chi connectivity index (χ0n) is 9.90. The van der Waals surface area contributed by atoms with Crippen LogP contribution in [0.15, 0.2) is 18.2 Å². The third-order valence-electron chi connectivity index (χ3n) is 2.95. The van der Waals surface area contributed by atoms with Crippen LogP contribution in [-0.2, 0) is 4.74 Å². The van der Waals surface area contributed by atoms with Gasteiger partial charge in [-0.15, -0.1) is 0 Å². The van der Waals surface area contributed by atoms with Crippen molar-refractivity contribution in [3.05, 3.63) is 18.2 Å².